The van der Waals surface area contributed by atoms with E-state index in [-0.39, 0.29) is 0 Å². The first-order valence-corrected chi connectivity index (χ1v) is 19.6. The minimum absolute atomic E-state index is 1.24. The number of benzene rings is 12. The summed E-state index contributed by atoms with van der Waals surface area (Å²) in [6, 6.07) is 73.1. The molecule has 256 valence electrons. The van der Waals surface area contributed by atoms with Gasteiger partial charge in [0.25, 0.3) is 0 Å². The van der Waals surface area contributed by atoms with Crippen molar-refractivity contribution in [2.24, 2.45) is 0 Å². The molecule has 0 spiro atoms. The van der Waals surface area contributed by atoms with Gasteiger partial charge in [0, 0.05) is 0 Å². The maximum absolute atomic E-state index is 2.53. The Morgan fingerprint density at radius 3 is 1.18 bits per heavy atom. The molecule has 13 rings (SSSR count). The average molecular weight is 705 g/mol. The van der Waals surface area contributed by atoms with Gasteiger partial charge in [0.15, 0.2) is 0 Å². The van der Waals surface area contributed by atoms with Crippen molar-refractivity contribution in [3.8, 4) is 44.5 Å². The van der Waals surface area contributed by atoms with Gasteiger partial charge in [-0.3, -0.25) is 0 Å². The number of hydrogen-bond acceptors (Lipinski definition) is 0. The Kier molecular flexibility index (Phi) is 5.98. The fraction of sp³-hybridized carbons (Fsp3) is 0. The van der Waals surface area contributed by atoms with Crippen LogP contribution in [0.1, 0.15) is 0 Å². The van der Waals surface area contributed by atoms with Crippen LogP contribution in [0.25, 0.3) is 131 Å². The molecule has 0 amide bonds. The first-order valence-electron chi connectivity index (χ1n) is 19.6. The summed E-state index contributed by atoms with van der Waals surface area (Å²) in [5, 5.41) is 20.6. The highest BCUT2D eigenvalue weighted by atomic mass is 14.3. The molecule has 12 aromatic rings. The van der Waals surface area contributed by atoms with Crippen LogP contribution < -0.4 is 0 Å². The van der Waals surface area contributed by atoms with Gasteiger partial charge in [0.2, 0.25) is 0 Å². The van der Waals surface area contributed by atoms with Gasteiger partial charge in [0.05, 0.1) is 0 Å². The summed E-state index contributed by atoms with van der Waals surface area (Å²) in [4.78, 5) is 0. The van der Waals surface area contributed by atoms with E-state index in [1.165, 1.54) is 131 Å². The summed E-state index contributed by atoms with van der Waals surface area (Å²) in [6.07, 6.45) is 0. The second-order valence-corrected chi connectivity index (χ2v) is 15.6. The third-order valence-corrected chi connectivity index (χ3v) is 12.7. The molecule has 0 heterocycles. The van der Waals surface area contributed by atoms with E-state index >= 15 is 0 Å². The van der Waals surface area contributed by atoms with Gasteiger partial charge in [-0.25, -0.2) is 0 Å². The van der Waals surface area contributed by atoms with Crippen molar-refractivity contribution in [1.82, 2.24) is 0 Å². The van der Waals surface area contributed by atoms with Crippen LogP contribution in [0.4, 0.5) is 0 Å². The lowest BCUT2D eigenvalue weighted by Gasteiger charge is -2.20. The average Bonchev–Trinajstić information content (AvgIpc) is 3.57. The Morgan fingerprint density at radius 2 is 0.607 bits per heavy atom. The molecule has 0 fully saturated rings. The van der Waals surface area contributed by atoms with E-state index in [1.54, 1.807) is 0 Å². The molecule has 0 atom stereocenters. The number of hydrogen-bond donors (Lipinski definition) is 0. The highest BCUT2D eigenvalue weighted by molar-refractivity contribution is 6.29. The van der Waals surface area contributed by atoms with Crippen molar-refractivity contribution in [2.75, 3.05) is 0 Å². The van der Waals surface area contributed by atoms with Crippen LogP contribution in [0.5, 0.6) is 0 Å². The second kappa shape index (κ2) is 11.1. The van der Waals surface area contributed by atoms with Gasteiger partial charge >= 0.3 is 0 Å². The van der Waals surface area contributed by atoms with Crippen LogP contribution >= 0.6 is 0 Å². The molecule has 1 aliphatic carbocycles. The van der Waals surface area contributed by atoms with Crippen molar-refractivity contribution in [2.45, 2.75) is 0 Å². The van der Waals surface area contributed by atoms with Crippen molar-refractivity contribution in [3.63, 3.8) is 0 Å². The van der Waals surface area contributed by atoms with E-state index in [0.717, 1.165) is 0 Å². The molecule has 0 N–H and O–H groups in total. The first kappa shape index (κ1) is 30.1. The second-order valence-electron chi connectivity index (χ2n) is 15.6. The summed E-state index contributed by atoms with van der Waals surface area (Å²) in [5.74, 6) is 0. The summed E-state index contributed by atoms with van der Waals surface area (Å²) in [6.45, 7) is 0. The summed E-state index contributed by atoms with van der Waals surface area (Å²) in [5.41, 5.74) is 10.3. The lowest BCUT2D eigenvalue weighted by Crippen LogP contribution is -1.93. The van der Waals surface area contributed by atoms with Gasteiger partial charge in [-0.05, 0) is 161 Å². The molecule has 12 aromatic carbocycles. The van der Waals surface area contributed by atoms with Crippen LogP contribution in [-0.2, 0) is 0 Å². The number of rotatable bonds is 2. The summed E-state index contributed by atoms with van der Waals surface area (Å²) < 4.78 is 0. The fourth-order valence-electron chi connectivity index (χ4n) is 10.2. The Labute approximate surface area is 323 Å². The van der Waals surface area contributed by atoms with Crippen molar-refractivity contribution in [3.05, 3.63) is 194 Å². The quantitative estimate of drug-likeness (QED) is 0.124. The molecule has 0 aromatic heterocycles. The molecule has 0 saturated heterocycles. The van der Waals surface area contributed by atoms with E-state index in [4.69, 9.17) is 0 Å². The predicted molar refractivity (Wildman–Crippen MR) is 242 cm³/mol. The molecule has 0 heteroatoms. The van der Waals surface area contributed by atoms with Gasteiger partial charge in [-0.1, -0.05) is 164 Å². The molecule has 0 aliphatic heterocycles. The monoisotopic (exact) mass is 704 g/mol. The standard InChI is InChI=1S/C56H32/c1-4-13-40-33(10-1)20-22-36-28-38(24-26-43(36)40)54-46-16-7-8-17-47(46)55(39-25-27-44-37(29-39)23-21-34-11-2-5-14-41(34)44)53-32-50-49(31-52(53)54)48-19-9-18-45-42-15-6-3-12-35(42)30-51(50)56(45)48/h1-32H. The van der Waals surface area contributed by atoms with E-state index in [1.807, 2.05) is 0 Å². The Bertz CT molecular complexity index is 3700. The van der Waals surface area contributed by atoms with Gasteiger partial charge in [-0.15, -0.1) is 0 Å². The van der Waals surface area contributed by atoms with E-state index in [9.17, 15) is 0 Å². The highest BCUT2D eigenvalue weighted by Crippen LogP contribution is 2.54. The Morgan fingerprint density at radius 1 is 0.196 bits per heavy atom. The Balaban J connectivity index is 1.17. The molecule has 0 saturated carbocycles. The van der Waals surface area contributed by atoms with Crippen LogP contribution in [0.2, 0.25) is 0 Å². The van der Waals surface area contributed by atoms with Crippen molar-refractivity contribution in [1.29, 1.82) is 0 Å². The van der Waals surface area contributed by atoms with E-state index in [2.05, 4.69) is 194 Å². The minimum atomic E-state index is 1.24. The zero-order valence-corrected chi connectivity index (χ0v) is 30.5. The van der Waals surface area contributed by atoms with E-state index < -0.39 is 0 Å². The highest BCUT2D eigenvalue weighted by Gasteiger charge is 2.26. The SMILES string of the molecule is c1ccc2c(c1)ccc1cc(-c3c4ccccc4c(-c4ccc5c(ccc6ccccc65)c4)c4cc5c(cc34)-c3cccc4c3c-5cc3ccccc34)ccc12. The van der Waals surface area contributed by atoms with Gasteiger partial charge < -0.3 is 0 Å². The molecule has 1 aliphatic rings. The third-order valence-electron chi connectivity index (χ3n) is 12.7. The lowest BCUT2D eigenvalue weighted by atomic mass is 9.83. The number of fused-ring (bicyclic) bond motifs is 13. The minimum Gasteiger partial charge on any atom is -0.0616 e. The molecule has 0 bridgehead atoms. The Hall–Kier alpha value is -7.28. The molecular formula is C56H32. The van der Waals surface area contributed by atoms with Crippen LogP contribution in [0, 0.1) is 0 Å². The summed E-state index contributed by atoms with van der Waals surface area (Å²) in [7, 11) is 0. The molecular weight excluding hydrogens is 673 g/mol. The van der Waals surface area contributed by atoms with Crippen molar-refractivity contribution >= 4 is 86.2 Å². The third kappa shape index (κ3) is 4.08. The first-order chi connectivity index (χ1) is 27.8. The normalized spacial score (nSPS) is 12.3. The molecule has 0 nitrogen and oxygen atoms in total. The van der Waals surface area contributed by atoms with Crippen LogP contribution in [0.3, 0.4) is 0 Å². The van der Waals surface area contributed by atoms with Crippen molar-refractivity contribution < 1.29 is 0 Å². The van der Waals surface area contributed by atoms with E-state index in [0.29, 0.717) is 0 Å². The van der Waals surface area contributed by atoms with Gasteiger partial charge in [0.1, 0.15) is 0 Å². The molecule has 0 unspecified atom stereocenters. The lowest BCUT2D eigenvalue weighted by molar-refractivity contribution is 1.68. The predicted octanol–water partition coefficient (Wildman–Crippen LogP) is 15.9. The van der Waals surface area contributed by atoms with Crippen LogP contribution in [-0.4, -0.2) is 0 Å². The maximum atomic E-state index is 2.53. The fourth-order valence-corrected chi connectivity index (χ4v) is 10.2. The smallest absolute Gasteiger partial charge is 0.00199 e. The molecule has 56 heavy (non-hydrogen) atoms. The topological polar surface area (TPSA) is 0 Å². The maximum Gasteiger partial charge on any atom is -0.00199 e. The zero-order valence-electron chi connectivity index (χ0n) is 30.5. The zero-order chi connectivity index (χ0) is 36.5. The van der Waals surface area contributed by atoms with Crippen LogP contribution in [0.15, 0.2) is 194 Å². The molecule has 0 radical (unpaired) electrons. The largest absolute Gasteiger partial charge is 0.0616 e. The van der Waals surface area contributed by atoms with Gasteiger partial charge in [-0.2, -0.15) is 0 Å². The summed E-state index contributed by atoms with van der Waals surface area (Å²) >= 11 is 0.